The fraction of sp³-hybridized carbons (Fsp3) is 0.308. The minimum Gasteiger partial charge on any atom is -0.312 e. The maximum Gasteiger partial charge on any atom is 0.269 e. The highest BCUT2D eigenvalue weighted by Gasteiger charge is 2.35. The molecule has 1 fully saturated rings. The summed E-state index contributed by atoms with van der Waals surface area (Å²) in [7, 11) is 0. The number of aromatic amines is 1. The summed E-state index contributed by atoms with van der Waals surface area (Å²) >= 11 is 1.61. The summed E-state index contributed by atoms with van der Waals surface area (Å²) in [6.45, 7) is 0.348. The van der Waals surface area contributed by atoms with Crippen LogP contribution in [0.5, 0.6) is 0 Å². The van der Waals surface area contributed by atoms with Gasteiger partial charge >= 0.3 is 0 Å². The molecule has 1 atom stereocenters. The first-order chi connectivity index (χ1) is 10.7. The van der Waals surface area contributed by atoms with E-state index in [9.17, 15) is 9.59 Å². The first kappa shape index (κ1) is 14.5. The molecule has 1 aromatic carbocycles. The molecule has 1 aliphatic heterocycles. The number of anilines is 2. The molecule has 0 saturated carbocycles. The van der Waals surface area contributed by atoms with Gasteiger partial charge in [-0.15, -0.1) is 16.9 Å². The SMILES string of the molecule is CSc1cccc(N2CC(C(=O)Nc3nn[nH]n3)CC2=O)c1. The number of amides is 2. The van der Waals surface area contributed by atoms with E-state index in [2.05, 4.69) is 25.9 Å². The number of aromatic nitrogens is 4. The Morgan fingerprint density at radius 3 is 3.09 bits per heavy atom. The molecule has 0 bridgehead atoms. The number of nitrogens with zero attached hydrogens (tertiary/aromatic N) is 4. The topological polar surface area (TPSA) is 104 Å². The highest BCUT2D eigenvalue weighted by atomic mass is 32.2. The van der Waals surface area contributed by atoms with Crippen LogP contribution in [0, 0.1) is 5.92 Å². The molecule has 114 valence electrons. The zero-order valence-corrected chi connectivity index (χ0v) is 12.6. The van der Waals surface area contributed by atoms with Crippen LogP contribution in [-0.2, 0) is 9.59 Å². The molecule has 22 heavy (non-hydrogen) atoms. The number of tetrazole rings is 1. The van der Waals surface area contributed by atoms with Crippen LogP contribution in [0.3, 0.4) is 0 Å². The highest BCUT2D eigenvalue weighted by molar-refractivity contribution is 7.98. The molecule has 2 heterocycles. The molecule has 9 heteroatoms. The van der Waals surface area contributed by atoms with E-state index in [1.54, 1.807) is 16.7 Å². The Labute approximate surface area is 130 Å². The number of rotatable bonds is 4. The number of hydrogen-bond donors (Lipinski definition) is 2. The van der Waals surface area contributed by atoms with Crippen molar-refractivity contribution in [2.75, 3.05) is 23.0 Å². The number of benzene rings is 1. The van der Waals surface area contributed by atoms with E-state index < -0.39 is 5.92 Å². The molecule has 3 rings (SSSR count). The van der Waals surface area contributed by atoms with E-state index >= 15 is 0 Å². The van der Waals surface area contributed by atoms with Crippen molar-refractivity contribution >= 4 is 35.2 Å². The van der Waals surface area contributed by atoms with Gasteiger partial charge in [-0.25, -0.2) is 0 Å². The largest absolute Gasteiger partial charge is 0.312 e. The number of nitrogens with one attached hydrogen (secondary N) is 2. The molecule has 1 aromatic heterocycles. The van der Waals surface area contributed by atoms with Gasteiger partial charge in [0.15, 0.2) is 0 Å². The van der Waals surface area contributed by atoms with Gasteiger partial charge in [-0.1, -0.05) is 11.2 Å². The normalized spacial score (nSPS) is 17.8. The van der Waals surface area contributed by atoms with Crippen molar-refractivity contribution < 1.29 is 9.59 Å². The van der Waals surface area contributed by atoms with E-state index in [1.807, 2.05) is 30.5 Å². The van der Waals surface area contributed by atoms with Gasteiger partial charge < -0.3 is 4.90 Å². The van der Waals surface area contributed by atoms with E-state index in [0.29, 0.717) is 6.54 Å². The summed E-state index contributed by atoms with van der Waals surface area (Å²) in [5, 5.41) is 15.5. The van der Waals surface area contributed by atoms with Gasteiger partial charge in [0.05, 0.1) is 5.92 Å². The number of thioether (sulfide) groups is 1. The molecule has 2 amide bonds. The molecular formula is C13H14N6O2S. The van der Waals surface area contributed by atoms with E-state index in [4.69, 9.17) is 0 Å². The Bertz CT molecular complexity index is 690. The Balaban J connectivity index is 1.71. The number of carbonyl (C=O) groups excluding carboxylic acids is 2. The van der Waals surface area contributed by atoms with Crippen molar-refractivity contribution in [2.24, 2.45) is 5.92 Å². The first-order valence-electron chi connectivity index (χ1n) is 6.66. The maximum absolute atomic E-state index is 12.2. The Morgan fingerprint density at radius 1 is 1.50 bits per heavy atom. The van der Waals surface area contributed by atoms with Gasteiger partial charge in [0.25, 0.3) is 5.95 Å². The smallest absolute Gasteiger partial charge is 0.269 e. The lowest BCUT2D eigenvalue weighted by atomic mass is 10.1. The molecule has 1 saturated heterocycles. The van der Waals surface area contributed by atoms with Gasteiger partial charge in [0.2, 0.25) is 11.8 Å². The lowest BCUT2D eigenvalue weighted by molar-refractivity contribution is -0.122. The summed E-state index contributed by atoms with van der Waals surface area (Å²) in [4.78, 5) is 27.0. The molecule has 0 spiro atoms. The number of hydrogen-bond acceptors (Lipinski definition) is 6. The van der Waals surface area contributed by atoms with E-state index in [1.165, 1.54) is 0 Å². The molecule has 0 radical (unpaired) electrons. The van der Waals surface area contributed by atoms with Crippen LogP contribution < -0.4 is 10.2 Å². The molecule has 0 aliphatic carbocycles. The monoisotopic (exact) mass is 318 g/mol. The number of carbonyl (C=O) groups is 2. The maximum atomic E-state index is 12.2. The highest BCUT2D eigenvalue weighted by Crippen LogP contribution is 2.28. The Morgan fingerprint density at radius 2 is 2.36 bits per heavy atom. The standard InChI is InChI=1S/C13H14N6O2S/c1-22-10-4-2-3-9(6-10)19-7-8(5-11(19)20)12(21)14-13-15-17-18-16-13/h2-4,6,8H,5,7H2,1H3,(H2,14,15,16,17,18,21). The summed E-state index contributed by atoms with van der Waals surface area (Å²) in [5.41, 5.74) is 0.812. The average molecular weight is 318 g/mol. The lowest BCUT2D eigenvalue weighted by Crippen LogP contribution is -2.28. The first-order valence-corrected chi connectivity index (χ1v) is 7.88. The van der Waals surface area contributed by atoms with Crippen LogP contribution in [0.25, 0.3) is 0 Å². The molecule has 1 aliphatic rings. The quantitative estimate of drug-likeness (QED) is 0.812. The summed E-state index contributed by atoms with van der Waals surface area (Å²) < 4.78 is 0. The van der Waals surface area contributed by atoms with Crippen molar-refractivity contribution in [3.05, 3.63) is 24.3 Å². The van der Waals surface area contributed by atoms with Crippen LogP contribution in [0.2, 0.25) is 0 Å². The van der Waals surface area contributed by atoms with Gasteiger partial charge in [0, 0.05) is 23.5 Å². The predicted octanol–water partition coefficient (Wildman–Crippen LogP) is 0.913. The van der Waals surface area contributed by atoms with Crippen molar-refractivity contribution in [3.63, 3.8) is 0 Å². The molecule has 1 unspecified atom stereocenters. The second kappa shape index (κ2) is 6.14. The molecular weight excluding hydrogens is 304 g/mol. The lowest BCUT2D eigenvalue weighted by Gasteiger charge is -2.17. The number of H-pyrrole nitrogens is 1. The Hall–Kier alpha value is -2.42. The van der Waals surface area contributed by atoms with Crippen molar-refractivity contribution in [1.29, 1.82) is 0 Å². The zero-order valence-electron chi connectivity index (χ0n) is 11.8. The van der Waals surface area contributed by atoms with Crippen molar-refractivity contribution in [1.82, 2.24) is 20.6 Å². The third kappa shape index (κ3) is 2.93. The summed E-state index contributed by atoms with van der Waals surface area (Å²) in [5.74, 6) is -0.658. The fourth-order valence-electron chi connectivity index (χ4n) is 2.34. The van der Waals surface area contributed by atoms with Crippen LogP contribution in [0.15, 0.2) is 29.2 Å². The van der Waals surface area contributed by atoms with Gasteiger partial charge in [-0.05, 0) is 29.7 Å². The summed E-state index contributed by atoms with van der Waals surface area (Å²) in [6, 6.07) is 7.70. The summed E-state index contributed by atoms with van der Waals surface area (Å²) in [6.07, 6.45) is 2.15. The minimum absolute atomic E-state index is 0.0634. The molecule has 8 nitrogen and oxygen atoms in total. The zero-order chi connectivity index (χ0) is 15.5. The third-order valence-electron chi connectivity index (χ3n) is 3.44. The third-order valence-corrected chi connectivity index (χ3v) is 4.17. The van der Waals surface area contributed by atoms with Crippen LogP contribution >= 0.6 is 11.8 Å². The van der Waals surface area contributed by atoms with E-state index in [0.717, 1.165) is 10.6 Å². The van der Waals surface area contributed by atoms with Crippen LogP contribution in [0.4, 0.5) is 11.6 Å². The molecule has 2 N–H and O–H groups in total. The van der Waals surface area contributed by atoms with Crippen LogP contribution in [0.1, 0.15) is 6.42 Å². The van der Waals surface area contributed by atoms with Gasteiger partial charge in [0.1, 0.15) is 0 Å². The minimum atomic E-state index is -0.427. The fourth-order valence-corrected chi connectivity index (χ4v) is 2.79. The van der Waals surface area contributed by atoms with E-state index in [-0.39, 0.29) is 24.2 Å². The van der Waals surface area contributed by atoms with Crippen LogP contribution in [-0.4, -0.2) is 45.2 Å². The predicted molar refractivity (Wildman–Crippen MR) is 81.5 cm³/mol. The van der Waals surface area contributed by atoms with Gasteiger partial charge in [-0.2, -0.15) is 5.21 Å². The Kier molecular flexibility index (Phi) is 4.05. The van der Waals surface area contributed by atoms with Gasteiger partial charge in [-0.3, -0.25) is 14.9 Å². The van der Waals surface area contributed by atoms with Crippen molar-refractivity contribution in [3.8, 4) is 0 Å². The second-order valence-corrected chi connectivity index (χ2v) is 5.71. The van der Waals surface area contributed by atoms with Crippen molar-refractivity contribution in [2.45, 2.75) is 11.3 Å². The molecule has 2 aromatic rings. The second-order valence-electron chi connectivity index (χ2n) is 4.83. The average Bonchev–Trinajstić information content (AvgIpc) is 3.17.